The van der Waals surface area contributed by atoms with Gasteiger partial charge in [0.15, 0.2) is 0 Å². The summed E-state index contributed by atoms with van der Waals surface area (Å²) in [6.07, 6.45) is -3.77. The van der Waals surface area contributed by atoms with Crippen LogP contribution in [0, 0.1) is 13.8 Å². The van der Waals surface area contributed by atoms with E-state index < -0.39 is 23.8 Å². The number of benzene rings is 2. The summed E-state index contributed by atoms with van der Waals surface area (Å²) < 4.78 is 46.8. The highest BCUT2D eigenvalue weighted by molar-refractivity contribution is 6.31. The molecular formula is C25H21ClF3N3O3. The minimum Gasteiger partial charge on any atom is -0.489 e. The second-order valence-electron chi connectivity index (χ2n) is 8.14. The molecule has 0 amide bonds. The molecule has 0 aliphatic rings. The number of carboxylic acids is 1. The predicted octanol–water partition coefficient (Wildman–Crippen LogP) is 6.61. The summed E-state index contributed by atoms with van der Waals surface area (Å²) in [5.74, 6) is 0.0672. The van der Waals surface area contributed by atoms with Gasteiger partial charge in [0.2, 0.25) is 0 Å². The van der Waals surface area contributed by atoms with Gasteiger partial charge < -0.3 is 14.4 Å². The number of carbonyl (C=O) groups is 1. The Morgan fingerprint density at radius 1 is 1.20 bits per heavy atom. The maximum atomic E-state index is 13.0. The second kappa shape index (κ2) is 9.22. The minimum atomic E-state index is -4.54. The molecule has 0 spiro atoms. The third-order valence-corrected chi connectivity index (χ3v) is 6.14. The molecule has 0 aliphatic heterocycles. The zero-order valence-electron chi connectivity index (χ0n) is 19.0. The zero-order valence-corrected chi connectivity index (χ0v) is 19.8. The van der Waals surface area contributed by atoms with Gasteiger partial charge in [-0.2, -0.15) is 13.2 Å². The molecule has 2 heterocycles. The van der Waals surface area contributed by atoms with E-state index in [0.717, 1.165) is 17.8 Å². The van der Waals surface area contributed by atoms with E-state index in [4.69, 9.17) is 16.3 Å². The maximum absolute atomic E-state index is 13.0. The van der Waals surface area contributed by atoms with Gasteiger partial charge in [0, 0.05) is 17.8 Å². The predicted molar refractivity (Wildman–Crippen MR) is 125 cm³/mol. The number of pyridine rings is 1. The first-order valence-electron chi connectivity index (χ1n) is 10.6. The second-order valence-corrected chi connectivity index (χ2v) is 8.55. The van der Waals surface area contributed by atoms with Gasteiger partial charge in [0.05, 0.1) is 38.9 Å². The molecule has 1 N–H and O–H groups in total. The van der Waals surface area contributed by atoms with Gasteiger partial charge in [0.25, 0.3) is 0 Å². The molecule has 0 saturated carbocycles. The number of hydrogen-bond acceptors (Lipinski definition) is 4. The van der Waals surface area contributed by atoms with Crippen molar-refractivity contribution in [3.63, 3.8) is 0 Å². The number of aromatic carboxylic acids is 1. The van der Waals surface area contributed by atoms with Gasteiger partial charge in [-0.05, 0) is 50.6 Å². The molecule has 1 unspecified atom stereocenters. The molecule has 0 saturated heterocycles. The number of rotatable bonds is 6. The van der Waals surface area contributed by atoms with Gasteiger partial charge in [-0.25, -0.2) is 9.78 Å². The van der Waals surface area contributed by atoms with Crippen LogP contribution in [-0.4, -0.2) is 25.6 Å². The number of fused-ring (bicyclic) bond motifs is 1. The first kappa shape index (κ1) is 24.5. The molecule has 0 radical (unpaired) electrons. The van der Waals surface area contributed by atoms with Crippen molar-refractivity contribution in [3.05, 3.63) is 87.5 Å². The summed E-state index contributed by atoms with van der Waals surface area (Å²) in [4.78, 5) is 20.1. The molecule has 182 valence electrons. The number of alkyl halides is 3. The lowest BCUT2D eigenvalue weighted by Crippen LogP contribution is -2.13. The molecule has 35 heavy (non-hydrogen) atoms. The number of ether oxygens (including phenoxy) is 1. The Morgan fingerprint density at radius 2 is 1.94 bits per heavy atom. The lowest BCUT2D eigenvalue weighted by Gasteiger charge is -2.18. The van der Waals surface area contributed by atoms with Crippen LogP contribution in [0.25, 0.3) is 11.0 Å². The Kier molecular flexibility index (Phi) is 6.46. The van der Waals surface area contributed by atoms with Crippen LogP contribution in [0.15, 0.2) is 48.7 Å². The van der Waals surface area contributed by atoms with Crippen LogP contribution in [0.3, 0.4) is 0 Å². The third kappa shape index (κ3) is 4.81. The van der Waals surface area contributed by atoms with Crippen LogP contribution in [0.2, 0.25) is 5.02 Å². The van der Waals surface area contributed by atoms with E-state index in [0.29, 0.717) is 28.2 Å². The molecule has 0 bridgehead atoms. The van der Waals surface area contributed by atoms with Crippen molar-refractivity contribution in [1.29, 1.82) is 0 Å². The lowest BCUT2D eigenvalue weighted by atomic mass is 10.0. The van der Waals surface area contributed by atoms with Crippen LogP contribution < -0.4 is 4.74 Å². The summed E-state index contributed by atoms with van der Waals surface area (Å²) in [5.41, 5.74) is 2.23. The van der Waals surface area contributed by atoms with E-state index in [2.05, 4.69) is 9.97 Å². The molecule has 4 rings (SSSR count). The van der Waals surface area contributed by atoms with Gasteiger partial charge in [0.1, 0.15) is 18.2 Å². The summed E-state index contributed by atoms with van der Waals surface area (Å²) in [7, 11) is 0. The van der Waals surface area contributed by atoms with Gasteiger partial charge >= 0.3 is 12.1 Å². The summed E-state index contributed by atoms with van der Waals surface area (Å²) >= 11 is 6.19. The smallest absolute Gasteiger partial charge is 0.417 e. The number of aryl methyl sites for hydroxylation is 2. The van der Waals surface area contributed by atoms with Gasteiger partial charge in [-0.15, -0.1) is 0 Å². The quantitative estimate of drug-likeness (QED) is 0.320. The Labute approximate surface area is 204 Å². The Hall–Kier alpha value is -3.59. The van der Waals surface area contributed by atoms with Crippen molar-refractivity contribution < 1.29 is 27.8 Å². The van der Waals surface area contributed by atoms with Crippen molar-refractivity contribution in [1.82, 2.24) is 14.5 Å². The van der Waals surface area contributed by atoms with Crippen molar-refractivity contribution in [3.8, 4) is 5.75 Å². The molecule has 4 aromatic rings. The third-order valence-electron chi connectivity index (χ3n) is 5.84. The maximum Gasteiger partial charge on any atom is 0.417 e. The lowest BCUT2D eigenvalue weighted by molar-refractivity contribution is -0.137. The number of hydrogen-bond donors (Lipinski definition) is 1. The molecule has 0 fully saturated rings. The van der Waals surface area contributed by atoms with E-state index in [-0.39, 0.29) is 22.9 Å². The number of aromatic nitrogens is 3. The van der Waals surface area contributed by atoms with Crippen LogP contribution >= 0.6 is 11.6 Å². The van der Waals surface area contributed by atoms with Crippen molar-refractivity contribution in [2.45, 2.75) is 39.6 Å². The molecule has 10 heteroatoms. The van der Waals surface area contributed by atoms with Crippen LogP contribution in [-0.2, 0) is 12.8 Å². The summed E-state index contributed by atoms with van der Waals surface area (Å²) in [6, 6.07) is 10.6. The highest BCUT2D eigenvalue weighted by Gasteiger charge is 2.32. The van der Waals surface area contributed by atoms with Crippen LogP contribution in [0.5, 0.6) is 5.75 Å². The molecule has 2 aromatic carbocycles. The number of carboxylic acid groups (broad SMARTS) is 1. The summed E-state index contributed by atoms with van der Waals surface area (Å²) in [5, 5.41) is 9.38. The average Bonchev–Trinajstić information content (AvgIpc) is 3.11. The highest BCUT2D eigenvalue weighted by atomic mass is 35.5. The molecule has 6 nitrogen and oxygen atoms in total. The number of imidazole rings is 1. The average molecular weight is 504 g/mol. The van der Waals surface area contributed by atoms with Gasteiger partial charge in [-0.1, -0.05) is 23.7 Å². The fraction of sp³-hybridized carbons (Fsp3) is 0.240. The molecular weight excluding hydrogens is 483 g/mol. The molecule has 0 aliphatic carbocycles. The Bertz CT molecular complexity index is 1430. The Morgan fingerprint density at radius 3 is 2.60 bits per heavy atom. The highest BCUT2D eigenvalue weighted by Crippen LogP contribution is 2.35. The van der Waals surface area contributed by atoms with Crippen LogP contribution in [0.1, 0.15) is 51.5 Å². The van der Waals surface area contributed by atoms with E-state index in [1.165, 1.54) is 6.07 Å². The Balaban J connectivity index is 1.68. The number of halogens is 4. The molecule has 1 atom stereocenters. The van der Waals surface area contributed by atoms with Crippen LogP contribution in [0.4, 0.5) is 13.2 Å². The fourth-order valence-corrected chi connectivity index (χ4v) is 4.38. The van der Waals surface area contributed by atoms with Crippen molar-refractivity contribution >= 4 is 28.6 Å². The van der Waals surface area contributed by atoms with E-state index >= 15 is 0 Å². The van der Waals surface area contributed by atoms with Crippen molar-refractivity contribution in [2.75, 3.05) is 0 Å². The van der Waals surface area contributed by atoms with Crippen molar-refractivity contribution in [2.24, 2.45) is 0 Å². The fourth-order valence-electron chi connectivity index (χ4n) is 4.05. The topological polar surface area (TPSA) is 77.2 Å². The summed E-state index contributed by atoms with van der Waals surface area (Å²) in [6.45, 7) is 5.42. The first-order valence-corrected chi connectivity index (χ1v) is 11.0. The van der Waals surface area contributed by atoms with E-state index in [1.54, 1.807) is 38.1 Å². The largest absolute Gasteiger partial charge is 0.489 e. The number of nitrogens with zero attached hydrogens (tertiary/aromatic N) is 3. The molecule has 2 aromatic heterocycles. The van der Waals surface area contributed by atoms with E-state index in [1.807, 2.05) is 17.6 Å². The normalized spacial score (nSPS) is 12.7. The van der Waals surface area contributed by atoms with E-state index in [9.17, 15) is 23.1 Å². The first-order chi connectivity index (χ1) is 16.5. The SMILES string of the molecule is Cc1cccc(C(=O)O)c1COc1ccc2nc(C)n(C(C)c3ncc(C(F)(F)F)cc3Cl)c2c1. The minimum absolute atomic E-state index is 0.0504. The van der Waals surface area contributed by atoms with Gasteiger partial charge in [-0.3, -0.25) is 4.98 Å². The standard InChI is InChI=1S/C25H21ClF3N3O3/c1-13-5-4-6-18(24(33)34)19(13)12-35-17-7-8-21-22(10-17)32(15(3)31-21)14(2)23-20(26)9-16(11-30-23)25(27,28)29/h4-11,14H,12H2,1-3H3,(H,33,34). The zero-order chi connectivity index (χ0) is 25.5. The monoisotopic (exact) mass is 503 g/mol.